The first-order valence-electron chi connectivity index (χ1n) is 9.88. The van der Waals surface area contributed by atoms with Crippen LogP contribution in [0.15, 0.2) is 76.3 Å². The number of rotatable bonds is 8. The van der Waals surface area contributed by atoms with Crippen molar-refractivity contribution >= 4 is 39.9 Å². The SMILES string of the molecule is COc1cc(/C=N\NC(=O)CNC(=O)c2cccc(F)c2)ccc1OC(=O)c1ccccc1Br. The Morgan fingerprint density at radius 3 is 2.56 bits per heavy atom. The number of hydrogen-bond donors (Lipinski definition) is 2. The van der Waals surface area contributed by atoms with Crippen molar-refractivity contribution in [2.24, 2.45) is 5.10 Å². The number of esters is 1. The molecular weight excluding hydrogens is 509 g/mol. The number of hydrazone groups is 1. The van der Waals surface area contributed by atoms with Crippen molar-refractivity contribution in [2.45, 2.75) is 0 Å². The van der Waals surface area contributed by atoms with Crippen LogP contribution in [-0.4, -0.2) is 37.7 Å². The average Bonchev–Trinajstić information content (AvgIpc) is 2.83. The second kappa shape index (κ2) is 11.7. The molecule has 0 aliphatic carbocycles. The van der Waals surface area contributed by atoms with Crippen LogP contribution in [0.3, 0.4) is 0 Å². The molecule has 0 fully saturated rings. The van der Waals surface area contributed by atoms with Crippen LogP contribution < -0.4 is 20.2 Å². The monoisotopic (exact) mass is 527 g/mol. The third-order valence-corrected chi connectivity index (χ3v) is 5.07. The summed E-state index contributed by atoms with van der Waals surface area (Å²) in [6.45, 7) is -0.347. The molecule has 174 valence electrons. The van der Waals surface area contributed by atoms with Crippen molar-refractivity contribution < 1.29 is 28.2 Å². The molecule has 0 radical (unpaired) electrons. The zero-order valence-electron chi connectivity index (χ0n) is 17.9. The molecule has 3 aromatic carbocycles. The number of methoxy groups -OCH3 is 1. The number of ether oxygens (including phenoxy) is 2. The molecule has 0 bridgehead atoms. The van der Waals surface area contributed by atoms with E-state index in [-0.39, 0.29) is 23.6 Å². The largest absolute Gasteiger partial charge is 0.493 e. The van der Waals surface area contributed by atoms with Crippen molar-refractivity contribution in [3.05, 3.63) is 93.7 Å². The van der Waals surface area contributed by atoms with Crippen molar-refractivity contribution in [1.82, 2.24) is 10.7 Å². The molecule has 0 spiro atoms. The second-order valence-electron chi connectivity index (χ2n) is 6.77. The number of halogens is 2. The van der Waals surface area contributed by atoms with Gasteiger partial charge in [-0.3, -0.25) is 9.59 Å². The fourth-order valence-electron chi connectivity index (χ4n) is 2.74. The van der Waals surface area contributed by atoms with Gasteiger partial charge in [0.25, 0.3) is 11.8 Å². The number of amides is 2. The van der Waals surface area contributed by atoms with E-state index in [1.807, 2.05) is 0 Å². The highest BCUT2D eigenvalue weighted by molar-refractivity contribution is 9.10. The van der Waals surface area contributed by atoms with Crippen molar-refractivity contribution in [3.63, 3.8) is 0 Å². The van der Waals surface area contributed by atoms with Crippen LogP contribution >= 0.6 is 15.9 Å². The number of hydrogen-bond acceptors (Lipinski definition) is 6. The minimum absolute atomic E-state index is 0.101. The van der Waals surface area contributed by atoms with Gasteiger partial charge < -0.3 is 14.8 Å². The molecule has 0 aliphatic rings. The molecule has 0 aliphatic heterocycles. The summed E-state index contributed by atoms with van der Waals surface area (Å²) >= 11 is 3.31. The summed E-state index contributed by atoms with van der Waals surface area (Å²) < 4.78 is 24.5. The highest BCUT2D eigenvalue weighted by atomic mass is 79.9. The number of carbonyl (C=O) groups excluding carboxylic acids is 3. The van der Waals surface area contributed by atoms with Crippen LogP contribution in [0.25, 0.3) is 0 Å². The third-order valence-electron chi connectivity index (χ3n) is 4.38. The maximum atomic E-state index is 13.2. The molecule has 0 saturated carbocycles. The molecule has 2 amide bonds. The Hall–Kier alpha value is -4.05. The van der Waals surface area contributed by atoms with E-state index in [2.05, 4.69) is 31.8 Å². The number of benzene rings is 3. The van der Waals surface area contributed by atoms with Gasteiger partial charge in [-0.15, -0.1) is 0 Å². The zero-order chi connectivity index (χ0) is 24.5. The standard InChI is InChI=1S/C24H19BrFN3O5/c1-33-21-11-15(9-10-20(21)34-24(32)18-7-2-3-8-19(18)25)13-28-29-22(30)14-27-23(31)16-5-4-6-17(26)12-16/h2-13H,14H2,1H3,(H,27,31)(H,29,30)/b28-13-. The summed E-state index contributed by atoms with van der Waals surface area (Å²) in [5, 5.41) is 6.20. The van der Waals surface area contributed by atoms with Gasteiger partial charge in [0.1, 0.15) is 5.82 Å². The van der Waals surface area contributed by atoms with E-state index < -0.39 is 23.6 Å². The molecule has 0 unspecified atom stereocenters. The summed E-state index contributed by atoms with van der Waals surface area (Å²) in [5.74, 6) is -1.77. The first-order valence-corrected chi connectivity index (χ1v) is 10.7. The minimum Gasteiger partial charge on any atom is -0.493 e. The first-order chi connectivity index (χ1) is 16.4. The maximum Gasteiger partial charge on any atom is 0.344 e. The van der Waals surface area contributed by atoms with Gasteiger partial charge >= 0.3 is 5.97 Å². The van der Waals surface area contributed by atoms with Crippen LogP contribution in [0.1, 0.15) is 26.3 Å². The molecule has 3 rings (SSSR count). The van der Waals surface area contributed by atoms with Gasteiger partial charge in [0.15, 0.2) is 11.5 Å². The first kappa shape index (κ1) is 24.6. The van der Waals surface area contributed by atoms with E-state index in [9.17, 15) is 18.8 Å². The van der Waals surface area contributed by atoms with Crippen molar-refractivity contribution in [3.8, 4) is 11.5 Å². The van der Waals surface area contributed by atoms with E-state index in [4.69, 9.17) is 9.47 Å². The van der Waals surface area contributed by atoms with E-state index in [0.29, 0.717) is 15.6 Å². The Labute approximate surface area is 202 Å². The zero-order valence-corrected chi connectivity index (χ0v) is 19.5. The lowest BCUT2D eigenvalue weighted by molar-refractivity contribution is -0.120. The van der Waals surface area contributed by atoms with E-state index in [1.165, 1.54) is 37.6 Å². The van der Waals surface area contributed by atoms with Crippen LogP contribution in [0.4, 0.5) is 4.39 Å². The molecule has 34 heavy (non-hydrogen) atoms. The van der Waals surface area contributed by atoms with Gasteiger partial charge in [0, 0.05) is 10.0 Å². The molecule has 0 atom stereocenters. The fraction of sp³-hybridized carbons (Fsp3) is 0.0833. The van der Waals surface area contributed by atoms with Crippen LogP contribution in [-0.2, 0) is 4.79 Å². The molecule has 8 nitrogen and oxygen atoms in total. The quantitative estimate of drug-likeness (QED) is 0.201. The van der Waals surface area contributed by atoms with Gasteiger partial charge in [-0.25, -0.2) is 14.6 Å². The topological polar surface area (TPSA) is 106 Å². The third kappa shape index (κ3) is 6.72. The Morgan fingerprint density at radius 1 is 1.03 bits per heavy atom. The van der Waals surface area contributed by atoms with Crippen molar-refractivity contribution in [1.29, 1.82) is 0 Å². The number of nitrogens with one attached hydrogen (secondary N) is 2. The van der Waals surface area contributed by atoms with Crippen molar-refractivity contribution in [2.75, 3.05) is 13.7 Å². The summed E-state index contributed by atoms with van der Waals surface area (Å²) in [5.41, 5.74) is 3.29. The van der Waals surface area contributed by atoms with Gasteiger partial charge in [0.2, 0.25) is 0 Å². The predicted octanol–water partition coefficient (Wildman–Crippen LogP) is 3.70. The maximum absolute atomic E-state index is 13.2. The van der Waals surface area contributed by atoms with Gasteiger partial charge in [-0.2, -0.15) is 5.10 Å². The molecule has 0 aromatic heterocycles. The lowest BCUT2D eigenvalue weighted by Gasteiger charge is -2.10. The second-order valence-corrected chi connectivity index (χ2v) is 7.62. The Balaban J connectivity index is 1.55. The highest BCUT2D eigenvalue weighted by Gasteiger charge is 2.15. The van der Waals surface area contributed by atoms with E-state index >= 15 is 0 Å². The molecule has 10 heteroatoms. The smallest absolute Gasteiger partial charge is 0.344 e. The van der Waals surface area contributed by atoms with Gasteiger partial charge in [0.05, 0.1) is 25.4 Å². The summed E-state index contributed by atoms with van der Waals surface area (Å²) in [7, 11) is 1.43. The molecule has 2 N–H and O–H groups in total. The normalized spacial score (nSPS) is 10.6. The summed E-state index contributed by atoms with van der Waals surface area (Å²) in [6, 6.07) is 16.7. The number of nitrogens with zero attached hydrogens (tertiary/aromatic N) is 1. The Bertz CT molecular complexity index is 1250. The van der Waals surface area contributed by atoms with Crippen LogP contribution in [0.2, 0.25) is 0 Å². The highest BCUT2D eigenvalue weighted by Crippen LogP contribution is 2.29. The van der Waals surface area contributed by atoms with Crippen LogP contribution in [0, 0.1) is 5.82 Å². The predicted molar refractivity (Wildman–Crippen MR) is 127 cm³/mol. The van der Waals surface area contributed by atoms with E-state index in [1.54, 1.807) is 36.4 Å². The lowest BCUT2D eigenvalue weighted by Crippen LogP contribution is -2.34. The summed E-state index contributed by atoms with van der Waals surface area (Å²) in [4.78, 5) is 36.3. The molecule has 0 saturated heterocycles. The van der Waals surface area contributed by atoms with E-state index in [0.717, 1.165) is 6.07 Å². The summed E-state index contributed by atoms with van der Waals surface area (Å²) in [6.07, 6.45) is 1.36. The van der Waals surface area contributed by atoms with Gasteiger partial charge in [-0.1, -0.05) is 18.2 Å². The minimum atomic E-state index is -0.587. The lowest BCUT2D eigenvalue weighted by atomic mass is 10.2. The molecule has 3 aromatic rings. The fourth-order valence-corrected chi connectivity index (χ4v) is 3.19. The Kier molecular flexibility index (Phi) is 8.47. The molecular formula is C24H19BrFN3O5. The average molecular weight is 528 g/mol. The number of carbonyl (C=O) groups is 3. The Morgan fingerprint density at radius 2 is 1.82 bits per heavy atom. The molecule has 0 heterocycles. The van der Waals surface area contributed by atoms with Crippen LogP contribution in [0.5, 0.6) is 11.5 Å². The van der Waals surface area contributed by atoms with Gasteiger partial charge in [-0.05, 0) is 70.0 Å².